The lowest BCUT2D eigenvalue weighted by Crippen LogP contribution is -2.49. The third-order valence-corrected chi connectivity index (χ3v) is 6.56. The summed E-state index contributed by atoms with van der Waals surface area (Å²) in [5.74, 6) is 0.0232. The molecule has 9 heteroatoms. The van der Waals surface area contributed by atoms with Crippen LogP contribution in [-0.4, -0.2) is 62.2 Å². The van der Waals surface area contributed by atoms with E-state index in [9.17, 15) is 15.0 Å². The number of aromatic nitrogens is 3. The maximum atomic E-state index is 13.3. The quantitative estimate of drug-likeness (QED) is 0.496. The summed E-state index contributed by atoms with van der Waals surface area (Å²) < 4.78 is 0.489. The molecule has 8 nitrogen and oxygen atoms in total. The molecule has 1 saturated heterocycles. The number of hydrogen-bond donors (Lipinski definition) is 2. The second-order valence-electron chi connectivity index (χ2n) is 7.48. The van der Waals surface area contributed by atoms with Crippen LogP contribution in [-0.2, 0) is 6.61 Å². The number of fused-ring (bicyclic) bond motifs is 1. The molecule has 1 aliphatic heterocycles. The highest BCUT2D eigenvalue weighted by molar-refractivity contribution is 7.17. The zero-order valence-corrected chi connectivity index (χ0v) is 18.0. The highest BCUT2D eigenvalue weighted by Crippen LogP contribution is 2.33. The number of amides is 1. The third-order valence-electron chi connectivity index (χ3n) is 5.59. The van der Waals surface area contributed by atoms with Gasteiger partial charge in [0.1, 0.15) is 15.9 Å². The number of nitrogens with zero attached hydrogens (tertiary/aromatic N) is 5. The van der Waals surface area contributed by atoms with Gasteiger partial charge in [-0.05, 0) is 18.2 Å². The van der Waals surface area contributed by atoms with E-state index in [0.717, 1.165) is 11.3 Å². The topological polar surface area (TPSA) is 103 Å². The van der Waals surface area contributed by atoms with Crippen molar-refractivity contribution in [3.63, 3.8) is 0 Å². The van der Waals surface area contributed by atoms with Gasteiger partial charge in [0.25, 0.3) is 5.91 Å². The number of pyridine rings is 1. The molecule has 32 heavy (non-hydrogen) atoms. The van der Waals surface area contributed by atoms with Crippen LogP contribution in [0.2, 0.25) is 0 Å². The van der Waals surface area contributed by atoms with Gasteiger partial charge in [-0.25, -0.2) is 4.98 Å². The zero-order valence-electron chi connectivity index (χ0n) is 17.2. The van der Waals surface area contributed by atoms with E-state index in [4.69, 9.17) is 0 Å². The minimum absolute atomic E-state index is 0.0159. The molecule has 3 aromatic heterocycles. The number of thiophene rings is 1. The van der Waals surface area contributed by atoms with Gasteiger partial charge in [-0.1, -0.05) is 24.3 Å². The fourth-order valence-electron chi connectivity index (χ4n) is 3.94. The number of hydrogen-bond acceptors (Lipinski definition) is 8. The summed E-state index contributed by atoms with van der Waals surface area (Å²) in [6.45, 7) is 2.44. The molecule has 0 bridgehead atoms. The molecule has 0 saturated carbocycles. The van der Waals surface area contributed by atoms with Crippen molar-refractivity contribution >= 4 is 33.1 Å². The first-order valence-corrected chi connectivity index (χ1v) is 11.2. The summed E-state index contributed by atoms with van der Waals surface area (Å²) in [7, 11) is 0. The third kappa shape index (κ3) is 3.65. The molecule has 162 valence electrons. The first kappa shape index (κ1) is 20.3. The lowest BCUT2D eigenvalue weighted by atomic mass is 10.1. The molecule has 1 amide bonds. The summed E-state index contributed by atoms with van der Waals surface area (Å²) in [4.78, 5) is 30.3. The molecular formula is C23H21N5O3S. The first-order chi connectivity index (χ1) is 15.7. The number of aliphatic hydroxyl groups excluding tert-OH is 1. The molecule has 0 spiro atoms. The highest BCUT2D eigenvalue weighted by atomic mass is 32.1. The smallest absolute Gasteiger partial charge is 0.257 e. The maximum Gasteiger partial charge on any atom is 0.257 e. The number of carbonyl (C=O) groups is 1. The van der Waals surface area contributed by atoms with E-state index in [1.54, 1.807) is 28.6 Å². The minimum Gasteiger partial charge on any atom is -0.492 e. The summed E-state index contributed by atoms with van der Waals surface area (Å²) >= 11 is 1.26. The van der Waals surface area contributed by atoms with E-state index in [1.807, 2.05) is 30.3 Å². The number of anilines is 1. The Balaban J connectivity index is 1.39. The Morgan fingerprint density at radius 1 is 1.03 bits per heavy atom. The lowest BCUT2D eigenvalue weighted by Gasteiger charge is -2.36. The monoisotopic (exact) mass is 447 g/mol. The molecule has 1 aliphatic rings. The van der Waals surface area contributed by atoms with Crippen molar-refractivity contribution in [2.45, 2.75) is 6.61 Å². The van der Waals surface area contributed by atoms with Gasteiger partial charge >= 0.3 is 0 Å². The van der Waals surface area contributed by atoms with Crippen LogP contribution in [0.4, 0.5) is 5.69 Å². The lowest BCUT2D eigenvalue weighted by molar-refractivity contribution is 0.0749. The van der Waals surface area contributed by atoms with Crippen molar-refractivity contribution in [1.29, 1.82) is 0 Å². The molecule has 0 radical (unpaired) electrons. The number of carbonyl (C=O) groups excluding carboxylic acids is 1. The zero-order chi connectivity index (χ0) is 22.1. The Morgan fingerprint density at radius 3 is 2.56 bits per heavy atom. The SMILES string of the molecule is O=C(c1csc2c(O)nc(-c3ccccn3)nc12)N1CCN(c2ccccc2CO)CC1. The van der Waals surface area contributed by atoms with Crippen molar-refractivity contribution < 1.29 is 15.0 Å². The Kier molecular flexibility index (Phi) is 5.42. The van der Waals surface area contributed by atoms with Gasteiger partial charge in [-0.2, -0.15) is 4.98 Å². The van der Waals surface area contributed by atoms with Gasteiger partial charge in [-0.3, -0.25) is 9.78 Å². The Hall–Kier alpha value is -3.56. The summed E-state index contributed by atoms with van der Waals surface area (Å²) in [6.07, 6.45) is 1.63. The van der Waals surface area contributed by atoms with Crippen LogP contribution in [0.3, 0.4) is 0 Å². The number of para-hydroxylation sites is 1. The van der Waals surface area contributed by atoms with Crippen LogP contribution >= 0.6 is 11.3 Å². The second-order valence-corrected chi connectivity index (χ2v) is 8.36. The van der Waals surface area contributed by atoms with Crippen LogP contribution in [0.15, 0.2) is 54.0 Å². The van der Waals surface area contributed by atoms with Gasteiger partial charge < -0.3 is 20.0 Å². The van der Waals surface area contributed by atoms with Crippen molar-refractivity contribution in [3.8, 4) is 17.4 Å². The molecule has 1 fully saturated rings. The Labute approximate surface area is 188 Å². The van der Waals surface area contributed by atoms with E-state index in [1.165, 1.54) is 11.3 Å². The molecule has 4 aromatic rings. The number of piperazine rings is 1. The minimum atomic E-state index is -0.148. The predicted molar refractivity (Wildman–Crippen MR) is 123 cm³/mol. The maximum absolute atomic E-state index is 13.3. The van der Waals surface area contributed by atoms with Crippen molar-refractivity contribution in [3.05, 3.63) is 65.2 Å². The van der Waals surface area contributed by atoms with Crippen LogP contribution in [0, 0.1) is 0 Å². The number of aliphatic hydroxyl groups is 1. The van der Waals surface area contributed by atoms with Crippen LogP contribution in [0.5, 0.6) is 5.88 Å². The molecule has 1 aromatic carbocycles. The Morgan fingerprint density at radius 2 is 1.81 bits per heavy atom. The van der Waals surface area contributed by atoms with E-state index < -0.39 is 0 Å². The molecule has 0 unspecified atom stereocenters. The summed E-state index contributed by atoms with van der Waals surface area (Å²) in [5, 5.41) is 21.8. The van der Waals surface area contributed by atoms with Crippen molar-refractivity contribution in [2.24, 2.45) is 0 Å². The van der Waals surface area contributed by atoms with Gasteiger partial charge in [-0.15, -0.1) is 11.3 Å². The van der Waals surface area contributed by atoms with Crippen molar-refractivity contribution in [1.82, 2.24) is 19.9 Å². The van der Waals surface area contributed by atoms with Gasteiger partial charge in [0.2, 0.25) is 5.88 Å². The van der Waals surface area contributed by atoms with E-state index >= 15 is 0 Å². The number of rotatable bonds is 4. The summed E-state index contributed by atoms with van der Waals surface area (Å²) in [5.41, 5.74) is 3.32. The molecule has 0 aliphatic carbocycles. The normalized spacial score (nSPS) is 14.2. The van der Waals surface area contributed by atoms with Gasteiger partial charge in [0.15, 0.2) is 5.82 Å². The standard InChI is InChI=1S/C23H21N5O3S/c29-13-15-5-1-2-7-18(15)27-9-11-28(12-10-27)23(31)16-14-32-20-19(16)25-21(26-22(20)30)17-6-3-4-8-24-17/h1-8,14,29H,9-13H2,(H,25,26,30). The highest BCUT2D eigenvalue weighted by Gasteiger charge is 2.26. The molecular weight excluding hydrogens is 426 g/mol. The van der Waals surface area contributed by atoms with Gasteiger partial charge in [0, 0.05) is 49.0 Å². The first-order valence-electron chi connectivity index (χ1n) is 10.3. The van der Waals surface area contributed by atoms with Crippen LogP contribution in [0.25, 0.3) is 21.7 Å². The fraction of sp³-hybridized carbons (Fsp3) is 0.217. The molecule has 0 atom stereocenters. The fourth-order valence-corrected chi connectivity index (χ4v) is 4.80. The average molecular weight is 448 g/mol. The number of benzene rings is 1. The Bertz CT molecular complexity index is 1270. The van der Waals surface area contributed by atoms with Crippen molar-refractivity contribution in [2.75, 3.05) is 31.1 Å². The molecule has 5 rings (SSSR count). The summed E-state index contributed by atoms with van der Waals surface area (Å²) in [6, 6.07) is 13.1. The largest absolute Gasteiger partial charge is 0.492 e. The van der Waals surface area contributed by atoms with E-state index in [-0.39, 0.29) is 24.2 Å². The number of aromatic hydroxyl groups is 1. The van der Waals surface area contributed by atoms with Gasteiger partial charge in [0.05, 0.1) is 12.2 Å². The second kappa shape index (κ2) is 8.52. The average Bonchev–Trinajstić information content (AvgIpc) is 3.29. The van der Waals surface area contributed by atoms with E-state index in [2.05, 4.69) is 19.9 Å². The van der Waals surface area contributed by atoms with E-state index in [0.29, 0.717) is 47.7 Å². The molecule has 4 heterocycles. The van der Waals surface area contributed by atoms with Crippen LogP contribution < -0.4 is 4.90 Å². The molecule has 2 N–H and O–H groups in total. The van der Waals surface area contributed by atoms with Crippen LogP contribution in [0.1, 0.15) is 15.9 Å². The predicted octanol–water partition coefficient (Wildman–Crippen LogP) is 2.91.